The minimum absolute atomic E-state index is 0.124. The van der Waals surface area contributed by atoms with Crippen LogP contribution in [0.1, 0.15) is 24.1 Å². The zero-order chi connectivity index (χ0) is 15.2. The normalized spacial score (nSPS) is 12.1. The van der Waals surface area contributed by atoms with Gasteiger partial charge in [0.2, 0.25) is 0 Å². The summed E-state index contributed by atoms with van der Waals surface area (Å²) in [5.74, 6) is 0. The number of halogens is 1. The highest BCUT2D eigenvalue weighted by Gasteiger charge is 2.06. The van der Waals surface area contributed by atoms with Crippen LogP contribution in [0.2, 0.25) is 5.02 Å². The van der Waals surface area contributed by atoms with Crippen LogP contribution in [0.25, 0.3) is 0 Å². The molecule has 0 aliphatic heterocycles. The molecule has 2 aromatic rings. The van der Waals surface area contributed by atoms with E-state index in [9.17, 15) is 10.1 Å². The fourth-order valence-corrected chi connectivity index (χ4v) is 2.31. The van der Waals surface area contributed by atoms with Gasteiger partial charge in [0.25, 0.3) is 5.69 Å². The van der Waals surface area contributed by atoms with Crippen molar-refractivity contribution in [1.29, 1.82) is 0 Å². The summed E-state index contributed by atoms with van der Waals surface area (Å²) >= 11 is 5.98. The Morgan fingerprint density at radius 3 is 2.57 bits per heavy atom. The number of hydrogen-bond acceptors (Lipinski definition) is 3. The molecule has 1 atom stereocenters. The molecule has 0 heterocycles. The van der Waals surface area contributed by atoms with Crippen LogP contribution < -0.4 is 5.32 Å². The molecule has 0 saturated heterocycles. The molecule has 0 fully saturated rings. The number of nitrogens with one attached hydrogen (secondary N) is 1. The molecule has 2 aromatic carbocycles. The standard InChI is InChI=1S/C16H17ClN2O2/c1-12(14-3-2-4-15(17)11-14)18-10-9-13-5-7-16(8-6-13)19(20)21/h2-8,11-12,18H,9-10H2,1H3. The maximum absolute atomic E-state index is 10.6. The number of benzene rings is 2. The Morgan fingerprint density at radius 1 is 1.24 bits per heavy atom. The number of nitrogens with zero attached hydrogens (tertiary/aromatic N) is 1. The van der Waals surface area contributed by atoms with E-state index in [2.05, 4.69) is 12.2 Å². The second kappa shape index (κ2) is 7.20. The third-order valence-corrected chi connectivity index (χ3v) is 3.60. The average molecular weight is 305 g/mol. The molecule has 0 radical (unpaired) electrons. The maximum atomic E-state index is 10.6. The highest BCUT2D eigenvalue weighted by Crippen LogP contribution is 2.17. The number of non-ortho nitro benzene ring substituents is 1. The van der Waals surface area contributed by atoms with Crippen molar-refractivity contribution < 1.29 is 4.92 Å². The Balaban J connectivity index is 1.85. The van der Waals surface area contributed by atoms with Crippen LogP contribution in [0, 0.1) is 10.1 Å². The predicted octanol–water partition coefficient (Wildman–Crippen LogP) is 4.14. The lowest BCUT2D eigenvalue weighted by Gasteiger charge is -2.14. The van der Waals surface area contributed by atoms with Crippen molar-refractivity contribution in [2.75, 3.05) is 6.54 Å². The fraction of sp³-hybridized carbons (Fsp3) is 0.250. The minimum Gasteiger partial charge on any atom is -0.310 e. The van der Waals surface area contributed by atoms with E-state index in [-0.39, 0.29) is 16.7 Å². The van der Waals surface area contributed by atoms with Crippen LogP contribution in [0.3, 0.4) is 0 Å². The second-order valence-electron chi connectivity index (χ2n) is 4.90. The Bertz CT molecular complexity index is 614. The van der Waals surface area contributed by atoms with Crippen LogP contribution in [0.5, 0.6) is 0 Å². The Kier molecular flexibility index (Phi) is 5.31. The van der Waals surface area contributed by atoms with Gasteiger partial charge < -0.3 is 5.32 Å². The second-order valence-corrected chi connectivity index (χ2v) is 5.34. The summed E-state index contributed by atoms with van der Waals surface area (Å²) in [6, 6.07) is 14.7. The van der Waals surface area contributed by atoms with Gasteiger partial charge in [0.15, 0.2) is 0 Å². The summed E-state index contributed by atoms with van der Waals surface area (Å²) < 4.78 is 0. The molecule has 0 aliphatic rings. The molecule has 21 heavy (non-hydrogen) atoms. The summed E-state index contributed by atoms with van der Waals surface area (Å²) in [5, 5.41) is 14.7. The first kappa shape index (κ1) is 15.5. The van der Waals surface area contributed by atoms with Gasteiger partial charge in [-0.15, -0.1) is 0 Å². The topological polar surface area (TPSA) is 55.2 Å². The molecule has 1 N–H and O–H groups in total. The zero-order valence-electron chi connectivity index (χ0n) is 11.8. The molecule has 0 saturated carbocycles. The SMILES string of the molecule is CC(NCCc1ccc([N+](=O)[O-])cc1)c1cccc(Cl)c1. The number of nitro groups is 1. The van der Waals surface area contributed by atoms with Crippen molar-refractivity contribution >= 4 is 17.3 Å². The van der Waals surface area contributed by atoms with Gasteiger partial charge in [0, 0.05) is 23.2 Å². The lowest BCUT2D eigenvalue weighted by Crippen LogP contribution is -2.21. The summed E-state index contributed by atoms with van der Waals surface area (Å²) in [4.78, 5) is 10.2. The molecule has 4 nitrogen and oxygen atoms in total. The summed E-state index contributed by atoms with van der Waals surface area (Å²) in [7, 11) is 0. The smallest absolute Gasteiger partial charge is 0.269 e. The molecule has 0 aliphatic carbocycles. The molecule has 0 spiro atoms. The van der Waals surface area contributed by atoms with Crippen molar-refractivity contribution in [3.05, 3.63) is 74.8 Å². The van der Waals surface area contributed by atoms with Crippen LogP contribution in [-0.2, 0) is 6.42 Å². The predicted molar refractivity (Wildman–Crippen MR) is 84.7 cm³/mol. The van der Waals surface area contributed by atoms with Crippen molar-refractivity contribution in [2.24, 2.45) is 0 Å². The molecule has 5 heteroatoms. The van der Waals surface area contributed by atoms with Gasteiger partial charge in [-0.05, 0) is 43.1 Å². The molecule has 0 amide bonds. The number of hydrogen-bond donors (Lipinski definition) is 1. The van der Waals surface area contributed by atoms with Crippen LogP contribution >= 0.6 is 11.6 Å². The Hall–Kier alpha value is -1.91. The van der Waals surface area contributed by atoms with Crippen molar-refractivity contribution in [2.45, 2.75) is 19.4 Å². The maximum Gasteiger partial charge on any atom is 0.269 e. The monoisotopic (exact) mass is 304 g/mol. The first-order valence-corrected chi connectivity index (χ1v) is 7.16. The van der Waals surface area contributed by atoms with E-state index in [0.29, 0.717) is 0 Å². The third kappa shape index (κ3) is 4.55. The third-order valence-electron chi connectivity index (χ3n) is 3.36. The van der Waals surface area contributed by atoms with Gasteiger partial charge in [0.1, 0.15) is 0 Å². The Labute approximate surface area is 128 Å². The summed E-state index contributed by atoms with van der Waals surface area (Å²) in [5.41, 5.74) is 2.34. The van der Waals surface area contributed by atoms with Crippen molar-refractivity contribution in [3.63, 3.8) is 0 Å². The highest BCUT2D eigenvalue weighted by molar-refractivity contribution is 6.30. The largest absolute Gasteiger partial charge is 0.310 e. The van der Waals surface area contributed by atoms with Crippen LogP contribution in [0.4, 0.5) is 5.69 Å². The number of rotatable bonds is 6. The van der Waals surface area contributed by atoms with Gasteiger partial charge in [-0.3, -0.25) is 10.1 Å². The first-order chi connectivity index (χ1) is 10.1. The molecule has 1 unspecified atom stereocenters. The first-order valence-electron chi connectivity index (χ1n) is 6.78. The molecule has 110 valence electrons. The van der Waals surface area contributed by atoms with Gasteiger partial charge in [0.05, 0.1) is 4.92 Å². The molecule has 0 bridgehead atoms. The fourth-order valence-electron chi connectivity index (χ4n) is 2.11. The van der Waals surface area contributed by atoms with Gasteiger partial charge in [-0.1, -0.05) is 35.9 Å². The van der Waals surface area contributed by atoms with E-state index in [4.69, 9.17) is 11.6 Å². The highest BCUT2D eigenvalue weighted by atomic mass is 35.5. The van der Waals surface area contributed by atoms with E-state index < -0.39 is 0 Å². The van der Waals surface area contributed by atoms with E-state index in [1.165, 1.54) is 12.1 Å². The minimum atomic E-state index is -0.386. The van der Waals surface area contributed by atoms with E-state index in [0.717, 1.165) is 29.1 Å². The van der Waals surface area contributed by atoms with E-state index in [1.54, 1.807) is 12.1 Å². The molecular weight excluding hydrogens is 288 g/mol. The van der Waals surface area contributed by atoms with Gasteiger partial charge >= 0.3 is 0 Å². The molecule has 0 aromatic heterocycles. The summed E-state index contributed by atoms with van der Waals surface area (Å²) in [6.07, 6.45) is 0.822. The quantitative estimate of drug-likeness (QED) is 0.644. The van der Waals surface area contributed by atoms with E-state index >= 15 is 0 Å². The molecular formula is C16H17ClN2O2. The summed E-state index contributed by atoms with van der Waals surface area (Å²) in [6.45, 7) is 2.88. The van der Waals surface area contributed by atoms with Crippen LogP contribution in [-0.4, -0.2) is 11.5 Å². The van der Waals surface area contributed by atoms with Crippen LogP contribution in [0.15, 0.2) is 48.5 Å². The Morgan fingerprint density at radius 2 is 1.95 bits per heavy atom. The molecule has 2 rings (SSSR count). The lowest BCUT2D eigenvalue weighted by atomic mass is 10.1. The van der Waals surface area contributed by atoms with Crippen molar-refractivity contribution in [3.8, 4) is 0 Å². The van der Waals surface area contributed by atoms with E-state index in [1.807, 2.05) is 24.3 Å². The average Bonchev–Trinajstić information content (AvgIpc) is 2.47. The lowest BCUT2D eigenvalue weighted by molar-refractivity contribution is -0.384. The van der Waals surface area contributed by atoms with Gasteiger partial charge in [-0.2, -0.15) is 0 Å². The zero-order valence-corrected chi connectivity index (χ0v) is 12.5. The van der Waals surface area contributed by atoms with Crippen molar-refractivity contribution in [1.82, 2.24) is 5.32 Å². The number of nitro benzene ring substituents is 1. The van der Waals surface area contributed by atoms with Gasteiger partial charge in [-0.25, -0.2) is 0 Å².